The van der Waals surface area contributed by atoms with Crippen molar-refractivity contribution in [1.82, 2.24) is 0 Å². The molecule has 0 radical (unpaired) electrons. The Hall–Kier alpha value is 1.57. The van der Waals surface area contributed by atoms with Crippen molar-refractivity contribution >= 4 is 27.8 Å². The van der Waals surface area contributed by atoms with Gasteiger partial charge >= 0.3 is 90.2 Å². The number of aliphatic hydroxyl groups is 1. The van der Waals surface area contributed by atoms with Crippen LogP contribution in [0.25, 0.3) is 0 Å². The van der Waals surface area contributed by atoms with E-state index in [0.717, 1.165) is 7.11 Å². The smallest absolute Gasteiger partial charge is 0.358 e. The Morgan fingerprint density at radius 2 is 1.33 bits per heavy atom. The van der Waals surface area contributed by atoms with E-state index in [1.54, 1.807) is 7.11 Å². The molecule has 0 unspecified atom stereocenters. The van der Waals surface area contributed by atoms with E-state index >= 15 is 0 Å². The molecule has 0 bridgehead atoms. The molecule has 7 heteroatoms. The summed E-state index contributed by atoms with van der Waals surface area (Å²) < 4.78 is 20.0. The molecule has 0 saturated carbocycles. The van der Waals surface area contributed by atoms with Gasteiger partial charge in [-0.3, -0.25) is 0 Å². The number of hydrogen-bond acceptors (Lipinski definition) is 4. The minimum absolute atomic E-state index is 0. The van der Waals surface area contributed by atoms with Gasteiger partial charge < -0.3 is 20.0 Å². The van der Waals surface area contributed by atoms with Crippen LogP contribution in [0.15, 0.2) is 0 Å². The van der Waals surface area contributed by atoms with E-state index in [1.165, 1.54) is 0 Å². The predicted octanol–water partition coefficient (Wildman–Crippen LogP) is 1.55. The fourth-order valence-corrected chi connectivity index (χ4v) is 12.9. The monoisotopic (exact) mass is 382 g/mol. The summed E-state index contributed by atoms with van der Waals surface area (Å²) in [6, 6.07) is 0. The fraction of sp³-hybridized carbons (Fsp3) is 0.750. The molecule has 0 atom stereocenters. The maximum Gasteiger partial charge on any atom is 2.00 e. The van der Waals surface area contributed by atoms with Crippen LogP contribution in [0.1, 0.15) is 0 Å². The second-order valence-electron chi connectivity index (χ2n) is 3.15. The van der Waals surface area contributed by atoms with Crippen LogP contribution in [-0.2, 0) is 28.9 Å². The van der Waals surface area contributed by atoms with Crippen LogP contribution in [-0.4, -0.2) is 50.5 Å². The van der Waals surface area contributed by atoms with Crippen molar-refractivity contribution in [3.63, 3.8) is 0 Å². The van der Waals surface area contributed by atoms with Crippen molar-refractivity contribution in [2.45, 2.75) is 23.0 Å². The van der Waals surface area contributed by atoms with Crippen molar-refractivity contribution in [3.8, 4) is 0 Å². The molecular weight excluding hydrogens is 355 g/mol. The van der Waals surface area contributed by atoms with Gasteiger partial charge in [0.25, 0.3) is 0 Å². The maximum atomic E-state index is 9.43. The molecule has 0 aliphatic rings. The van der Waals surface area contributed by atoms with Gasteiger partial charge in [0.2, 0.25) is 0 Å². The summed E-state index contributed by atoms with van der Waals surface area (Å²) in [7, 11) is 0.659. The van der Waals surface area contributed by atoms with E-state index in [1.807, 2.05) is 23.0 Å². The third-order valence-electron chi connectivity index (χ3n) is 0.987. The molecule has 0 spiro atoms. The summed E-state index contributed by atoms with van der Waals surface area (Å²) in [6.45, 7) is 3.86. The van der Waals surface area contributed by atoms with Crippen LogP contribution in [0.5, 0.6) is 0 Å². The Morgan fingerprint density at radius 1 is 1.07 bits per heavy atom. The third-order valence-corrected chi connectivity index (χ3v) is 11.4. The Morgan fingerprint density at radius 3 is 1.40 bits per heavy atom. The molecule has 0 aromatic carbocycles. The first kappa shape index (κ1) is 30.0. The van der Waals surface area contributed by atoms with Crippen LogP contribution >= 0.6 is 0 Å². The summed E-state index contributed by atoms with van der Waals surface area (Å²) in [4.78, 5) is 3.62. The molecule has 0 aliphatic heterocycles. The molecule has 15 heavy (non-hydrogen) atoms. The van der Waals surface area contributed by atoms with Gasteiger partial charge in [-0.15, -0.1) is 0 Å². The van der Waals surface area contributed by atoms with Gasteiger partial charge in [-0.25, -0.2) is 0 Å². The first-order valence-electron chi connectivity index (χ1n) is 3.69. The molecule has 0 rings (SSSR count). The summed E-state index contributed by atoms with van der Waals surface area (Å²) >= 11 is -3.04. The molecule has 0 aliphatic carbocycles. The second kappa shape index (κ2) is 13.6. The van der Waals surface area contributed by atoms with Crippen LogP contribution in [0.2, 0.25) is 23.0 Å². The largest absolute Gasteiger partial charge is 2.00 e. The Bertz CT molecular complexity index is 120. The van der Waals surface area contributed by atoms with Gasteiger partial charge in [-0.05, 0) is 0 Å². The summed E-state index contributed by atoms with van der Waals surface area (Å²) in [5, 5.41) is 7.00. The Labute approximate surface area is 116 Å². The zero-order valence-electron chi connectivity index (χ0n) is 11.2. The van der Waals surface area contributed by atoms with E-state index in [9.17, 15) is 3.44 Å². The number of aliphatic hydroxyl groups excluding tert-OH is 1. The zero-order valence-corrected chi connectivity index (χ0v) is 16.6. The quantitative estimate of drug-likeness (QED) is 0.576. The van der Waals surface area contributed by atoms with Crippen molar-refractivity contribution < 1.29 is 37.5 Å². The van der Waals surface area contributed by atoms with Crippen molar-refractivity contribution in [2.75, 3.05) is 14.2 Å². The molecule has 0 heterocycles. The third kappa shape index (κ3) is 25.7. The zero-order chi connectivity index (χ0) is 10.4. The van der Waals surface area contributed by atoms with Gasteiger partial charge in [0, 0.05) is 7.11 Å². The van der Waals surface area contributed by atoms with E-state index in [4.69, 9.17) is 12.3 Å². The number of hydrogen-bond donors (Lipinski definition) is 2. The average Bonchev–Trinajstić information content (AvgIpc) is 1.88. The fourth-order valence-electron chi connectivity index (χ4n) is 0.643. The molecule has 0 fully saturated rings. The first-order chi connectivity index (χ1) is 5.27. The summed E-state index contributed by atoms with van der Waals surface area (Å²) in [5.74, 6) is 0. The van der Waals surface area contributed by atoms with Gasteiger partial charge in [0.1, 0.15) is 0 Å². The van der Waals surface area contributed by atoms with E-state index < -0.39 is 27.8 Å². The van der Waals surface area contributed by atoms with Gasteiger partial charge in [-0.2, -0.15) is 0 Å². The molecule has 4 nitrogen and oxygen atoms in total. The van der Waals surface area contributed by atoms with Crippen LogP contribution in [0.3, 0.4) is 0 Å². The molecule has 2 N–H and O–H groups in total. The molecule has 0 amide bonds. The maximum absolute atomic E-state index is 9.43. The van der Waals surface area contributed by atoms with Gasteiger partial charge in [-0.1, -0.05) is 0 Å². The Kier molecular flexibility index (Phi) is 27.3. The van der Waals surface area contributed by atoms with Gasteiger partial charge in [0.15, 0.2) is 0 Å². The molecule has 0 aromatic rings. The Balaban J connectivity index is -0.0000000626. The molecular formula is C8H26O4SiSnTi. The molecule has 94 valence electrons. The summed E-state index contributed by atoms with van der Waals surface area (Å²) in [5.41, 5.74) is 0. The van der Waals surface area contributed by atoms with E-state index in [-0.39, 0.29) is 36.6 Å². The molecule has 0 saturated heterocycles. The minimum atomic E-state index is -3.04. The normalized spacial score (nSPS) is 9.60. The van der Waals surface area contributed by atoms with Crippen LogP contribution in [0, 0.1) is 14.9 Å². The second-order valence-corrected chi connectivity index (χ2v) is 16.6. The predicted molar refractivity (Wildman–Crippen MR) is 66.2 cm³/mol. The first-order valence-corrected chi connectivity index (χ1v) is 14.7. The van der Waals surface area contributed by atoms with Crippen molar-refractivity contribution in [1.29, 1.82) is 0 Å². The van der Waals surface area contributed by atoms with Crippen molar-refractivity contribution in [3.05, 3.63) is 14.9 Å². The average molecular weight is 381 g/mol. The minimum Gasteiger partial charge on any atom is -0.358 e. The standard InChI is InChI=1S/C3H9O2Si.CH4O.4CH3.H2O.Sn.Ti/c1-5-6(2,3)4;1-2;;;;;;;/h1-3H3;2H,1H3;4*1H3;1H2;;/q-1;;;;2*-1;;2*+2/p-1. The number of rotatable bonds is 3. The van der Waals surface area contributed by atoms with Crippen molar-refractivity contribution in [2.24, 2.45) is 0 Å². The van der Waals surface area contributed by atoms with E-state index in [0.29, 0.717) is 0 Å². The van der Waals surface area contributed by atoms with Crippen LogP contribution in [0.4, 0.5) is 0 Å². The van der Waals surface area contributed by atoms with Crippen LogP contribution < -0.4 is 0 Å². The summed E-state index contributed by atoms with van der Waals surface area (Å²) in [6.07, 6.45) is 0. The SMILES string of the molecule is CO.CO[Si](C)(C)[O][Sn]([CH3])([CH3])[OH].[CH3-].[CH3-].[Ti+2]. The van der Waals surface area contributed by atoms with Gasteiger partial charge in [0.05, 0.1) is 0 Å². The molecule has 0 aromatic heterocycles. The van der Waals surface area contributed by atoms with E-state index in [2.05, 4.69) is 0 Å². The topological polar surface area (TPSA) is 58.9 Å².